The average Bonchev–Trinajstić information content (AvgIpc) is 2.74. The predicted molar refractivity (Wildman–Crippen MR) is 87.7 cm³/mol. The molecular formula is C14H25N5OS. The monoisotopic (exact) mass is 311 g/mol. The van der Waals surface area contributed by atoms with Crippen molar-refractivity contribution in [3.8, 4) is 0 Å². The fourth-order valence-electron chi connectivity index (χ4n) is 1.72. The molecular weight excluding hydrogens is 286 g/mol. The Bertz CT molecular complexity index is 496. The first kappa shape index (κ1) is 17.4. The van der Waals surface area contributed by atoms with Crippen molar-refractivity contribution in [1.82, 2.24) is 20.5 Å². The van der Waals surface area contributed by atoms with Crippen LogP contribution in [0, 0.1) is 13.8 Å². The number of carbonyl (C=O) groups is 1. The smallest absolute Gasteiger partial charge is 0.223 e. The van der Waals surface area contributed by atoms with Crippen LogP contribution in [0.15, 0.2) is 4.99 Å². The van der Waals surface area contributed by atoms with Gasteiger partial charge in [-0.1, -0.05) is 0 Å². The summed E-state index contributed by atoms with van der Waals surface area (Å²) in [6, 6.07) is 0. The zero-order chi connectivity index (χ0) is 15.8. The van der Waals surface area contributed by atoms with E-state index in [1.54, 1.807) is 30.3 Å². The number of aryl methyl sites for hydroxylation is 2. The van der Waals surface area contributed by atoms with Crippen molar-refractivity contribution in [2.45, 2.75) is 33.7 Å². The number of thiazole rings is 1. The number of aromatic nitrogens is 1. The highest BCUT2D eigenvalue weighted by Crippen LogP contribution is 2.17. The van der Waals surface area contributed by atoms with Gasteiger partial charge in [0.2, 0.25) is 5.91 Å². The van der Waals surface area contributed by atoms with Gasteiger partial charge in [0.05, 0.1) is 17.2 Å². The standard InChI is InChI=1S/C14H25N5OS/c1-6-15-14(16-8-7-13(20)19(4)5)17-9-12-10(2)18-11(3)21-12/h6-9H2,1-5H3,(H2,15,16,17). The molecule has 0 spiro atoms. The van der Waals surface area contributed by atoms with Gasteiger partial charge in [0.15, 0.2) is 5.96 Å². The predicted octanol–water partition coefficient (Wildman–Crippen LogP) is 1.29. The number of nitrogens with zero attached hydrogens (tertiary/aromatic N) is 3. The minimum absolute atomic E-state index is 0.104. The molecule has 1 amide bonds. The molecule has 0 atom stereocenters. The maximum Gasteiger partial charge on any atom is 0.223 e. The van der Waals surface area contributed by atoms with E-state index in [1.165, 1.54) is 4.88 Å². The largest absolute Gasteiger partial charge is 0.357 e. The fraction of sp³-hybridized carbons (Fsp3) is 0.643. The lowest BCUT2D eigenvalue weighted by atomic mass is 10.4. The minimum atomic E-state index is 0.104. The summed E-state index contributed by atoms with van der Waals surface area (Å²) in [5.74, 6) is 0.835. The lowest BCUT2D eigenvalue weighted by molar-refractivity contribution is -0.128. The highest BCUT2D eigenvalue weighted by atomic mass is 32.1. The van der Waals surface area contributed by atoms with Crippen molar-refractivity contribution in [3.05, 3.63) is 15.6 Å². The van der Waals surface area contributed by atoms with E-state index < -0.39 is 0 Å². The summed E-state index contributed by atoms with van der Waals surface area (Å²) in [4.78, 5) is 23.2. The number of nitrogens with one attached hydrogen (secondary N) is 2. The quantitative estimate of drug-likeness (QED) is 0.613. The number of hydrogen-bond acceptors (Lipinski definition) is 4. The van der Waals surface area contributed by atoms with Crippen LogP contribution in [0.1, 0.15) is 28.9 Å². The second-order valence-electron chi connectivity index (χ2n) is 4.90. The van der Waals surface area contributed by atoms with E-state index in [-0.39, 0.29) is 5.91 Å². The zero-order valence-corrected chi connectivity index (χ0v) is 14.3. The molecule has 0 radical (unpaired) electrons. The van der Waals surface area contributed by atoms with Crippen LogP contribution in [0.25, 0.3) is 0 Å². The van der Waals surface area contributed by atoms with Crippen molar-refractivity contribution in [3.63, 3.8) is 0 Å². The minimum Gasteiger partial charge on any atom is -0.357 e. The van der Waals surface area contributed by atoms with Crippen LogP contribution in [0.3, 0.4) is 0 Å². The van der Waals surface area contributed by atoms with Crippen molar-refractivity contribution >= 4 is 23.2 Å². The normalized spacial score (nSPS) is 11.4. The third kappa shape index (κ3) is 6.12. The van der Waals surface area contributed by atoms with Gasteiger partial charge in [0, 0.05) is 38.5 Å². The first-order valence-corrected chi connectivity index (χ1v) is 7.91. The molecule has 1 rings (SSSR count). The van der Waals surface area contributed by atoms with Crippen molar-refractivity contribution in [1.29, 1.82) is 0 Å². The average molecular weight is 311 g/mol. The number of carbonyl (C=O) groups excluding carboxylic acids is 1. The van der Waals surface area contributed by atoms with Crippen molar-refractivity contribution < 1.29 is 4.79 Å². The molecule has 6 nitrogen and oxygen atoms in total. The SMILES string of the molecule is CCNC(=NCc1sc(C)nc1C)NCCC(=O)N(C)C. The van der Waals surface area contributed by atoms with E-state index >= 15 is 0 Å². The molecule has 7 heteroatoms. The van der Waals surface area contributed by atoms with E-state index in [0.717, 1.165) is 23.2 Å². The molecule has 0 unspecified atom stereocenters. The molecule has 0 aliphatic carbocycles. The van der Waals surface area contributed by atoms with E-state index in [2.05, 4.69) is 20.6 Å². The Morgan fingerprint density at radius 2 is 2.05 bits per heavy atom. The van der Waals surface area contributed by atoms with E-state index in [0.29, 0.717) is 19.5 Å². The molecule has 0 saturated carbocycles. The Balaban J connectivity index is 2.54. The summed E-state index contributed by atoms with van der Waals surface area (Å²) in [6.07, 6.45) is 0.454. The summed E-state index contributed by atoms with van der Waals surface area (Å²) in [5, 5.41) is 7.42. The number of amides is 1. The van der Waals surface area contributed by atoms with E-state index in [4.69, 9.17) is 0 Å². The van der Waals surface area contributed by atoms with Gasteiger partial charge in [-0.2, -0.15) is 0 Å². The van der Waals surface area contributed by atoms with Crippen LogP contribution in [0.4, 0.5) is 0 Å². The summed E-state index contributed by atoms with van der Waals surface area (Å²) in [6.45, 7) is 7.99. The molecule has 21 heavy (non-hydrogen) atoms. The topological polar surface area (TPSA) is 69.6 Å². The lowest BCUT2D eigenvalue weighted by Crippen LogP contribution is -2.39. The molecule has 0 aliphatic rings. The fourth-order valence-corrected chi connectivity index (χ4v) is 2.59. The van der Waals surface area contributed by atoms with Gasteiger partial charge in [-0.3, -0.25) is 4.79 Å². The third-order valence-corrected chi connectivity index (χ3v) is 3.91. The Morgan fingerprint density at radius 1 is 1.33 bits per heavy atom. The van der Waals surface area contributed by atoms with Crippen LogP contribution in [-0.2, 0) is 11.3 Å². The van der Waals surface area contributed by atoms with Gasteiger partial charge in [-0.15, -0.1) is 11.3 Å². The van der Waals surface area contributed by atoms with Gasteiger partial charge in [0.1, 0.15) is 0 Å². The maximum absolute atomic E-state index is 11.5. The first-order chi connectivity index (χ1) is 9.93. The van der Waals surface area contributed by atoms with E-state index in [1.807, 2.05) is 20.8 Å². The number of guanidine groups is 1. The van der Waals surface area contributed by atoms with Crippen molar-refractivity contribution in [2.75, 3.05) is 27.2 Å². The van der Waals surface area contributed by atoms with Crippen molar-refractivity contribution in [2.24, 2.45) is 4.99 Å². The highest BCUT2D eigenvalue weighted by Gasteiger charge is 2.06. The molecule has 1 aromatic heterocycles. The van der Waals surface area contributed by atoms with Gasteiger partial charge < -0.3 is 15.5 Å². The van der Waals surface area contributed by atoms with Gasteiger partial charge in [0.25, 0.3) is 0 Å². The molecule has 0 fully saturated rings. The number of hydrogen-bond donors (Lipinski definition) is 2. The molecule has 0 aromatic carbocycles. The third-order valence-electron chi connectivity index (χ3n) is 2.85. The van der Waals surface area contributed by atoms with Crippen LogP contribution >= 0.6 is 11.3 Å². The van der Waals surface area contributed by atoms with Crippen LogP contribution in [0.5, 0.6) is 0 Å². The Hall–Kier alpha value is -1.63. The Morgan fingerprint density at radius 3 is 2.57 bits per heavy atom. The van der Waals surface area contributed by atoms with Gasteiger partial charge >= 0.3 is 0 Å². The molecule has 0 bridgehead atoms. The van der Waals surface area contributed by atoms with Gasteiger partial charge in [-0.25, -0.2) is 9.98 Å². The summed E-state index contributed by atoms with van der Waals surface area (Å²) < 4.78 is 0. The molecule has 1 heterocycles. The zero-order valence-electron chi connectivity index (χ0n) is 13.5. The van der Waals surface area contributed by atoms with Crippen LogP contribution in [-0.4, -0.2) is 48.9 Å². The molecule has 2 N–H and O–H groups in total. The summed E-state index contributed by atoms with van der Waals surface area (Å²) >= 11 is 1.67. The number of rotatable bonds is 6. The first-order valence-electron chi connectivity index (χ1n) is 7.09. The van der Waals surface area contributed by atoms with Crippen LogP contribution < -0.4 is 10.6 Å². The van der Waals surface area contributed by atoms with Gasteiger partial charge in [-0.05, 0) is 20.8 Å². The number of aliphatic imine (C=N–C) groups is 1. The summed E-state index contributed by atoms with van der Waals surface area (Å²) in [5.41, 5.74) is 1.04. The maximum atomic E-state index is 11.5. The molecule has 118 valence electrons. The Kier molecular flexibility index (Phi) is 7.14. The Labute approximate surface area is 130 Å². The lowest BCUT2D eigenvalue weighted by Gasteiger charge is -2.13. The van der Waals surface area contributed by atoms with E-state index in [9.17, 15) is 4.79 Å². The molecule has 0 saturated heterocycles. The highest BCUT2D eigenvalue weighted by molar-refractivity contribution is 7.11. The molecule has 1 aromatic rings. The summed E-state index contributed by atoms with van der Waals surface area (Å²) in [7, 11) is 3.52. The van der Waals surface area contributed by atoms with Crippen LogP contribution in [0.2, 0.25) is 0 Å². The molecule has 0 aliphatic heterocycles. The second-order valence-corrected chi connectivity index (χ2v) is 6.19. The second kappa shape index (κ2) is 8.61.